The molecule has 23 heavy (non-hydrogen) atoms. The van der Waals surface area contributed by atoms with Crippen LogP contribution in [-0.4, -0.2) is 29.1 Å². The average molecular weight is 316 g/mol. The summed E-state index contributed by atoms with van der Waals surface area (Å²) in [4.78, 5) is 25.4. The van der Waals surface area contributed by atoms with Gasteiger partial charge in [-0.3, -0.25) is 9.59 Å². The lowest BCUT2D eigenvalue weighted by Gasteiger charge is -2.12. The molecule has 2 aromatic rings. The summed E-state index contributed by atoms with van der Waals surface area (Å²) in [5.74, 6) is 0.607. The van der Waals surface area contributed by atoms with Crippen LogP contribution in [0.4, 0.5) is 0 Å². The fraction of sp³-hybridized carbons (Fsp3) is 0.294. The van der Waals surface area contributed by atoms with E-state index in [4.69, 9.17) is 4.74 Å². The van der Waals surface area contributed by atoms with E-state index in [-0.39, 0.29) is 18.0 Å². The molecule has 1 unspecified atom stereocenters. The standard InChI is InChI=1S/C17H20N2O4/c20-15(14-8-4-9-17(22)19-14)12-18-16(21)10-5-11-23-13-6-2-1-3-7-13/h1-4,6-9,15,20H,5,10-12H2,(H,18,21)(H,19,22). The maximum absolute atomic E-state index is 11.7. The first-order valence-corrected chi connectivity index (χ1v) is 7.47. The molecule has 0 aliphatic rings. The van der Waals surface area contributed by atoms with E-state index in [2.05, 4.69) is 10.3 Å². The van der Waals surface area contributed by atoms with Gasteiger partial charge in [-0.15, -0.1) is 0 Å². The minimum Gasteiger partial charge on any atom is -0.494 e. The summed E-state index contributed by atoms with van der Waals surface area (Å²) in [6.07, 6.45) is -0.0439. The van der Waals surface area contributed by atoms with Crippen molar-refractivity contribution in [1.29, 1.82) is 0 Å². The van der Waals surface area contributed by atoms with Gasteiger partial charge in [-0.25, -0.2) is 0 Å². The van der Waals surface area contributed by atoms with E-state index in [1.54, 1.807) is 12.1 Å². The van der Waals surface area contributed by atoms with Crippen molar-refractivity contribution in [2.24, 2.45) is 0 Å². The number of aromatic nitrogens is 1. The van der Waals surface area contributed by atoms with Gasteiger partial charge in [0, 0.05) is 24.7 Å². The molecule has 6 nitrogen and oxygen atoms in total. The van der Waals surface area contributed by atoms with Gasteiger partial charge in [-0.2, -0.15) is 0 Å². The van der Waals surface area contributed by atoms with Crippen LogP contribution in [0.15, 0.2) is 53.3 Å². The number of amides is 1. The lowest BCUT2D eigenvalue weighted by atomic mass is 10.2. The molecule has 0 radical (unpaired) electrons. The van der Waals surface area contributed by atoms with Gasteiger partial charge in [-0.1, -0.05) is 24.3 Å². The van der Waals surface area contributed by atoms with Crippen LogP contribution < -0.4 is 15.6 Å². The number of aromatic amines is 1. The van der Waals surface area contributed by atoms with Gasteiger partial charge in [0.2, 0.25) is 11.5 Å². The molecule has 0 spiro atoms. The van der Waals surface area contributed by atoms with Gasteiger partial charge in [0.05, 0.1) is 6.61 Å². The summed E-state index contributed by atoms with van der Waals surface area (Å²) in [6, 6.07) is 13.9. The number of ether oxygens (including phenoxy) is 1. The molecule has 0 fully saturated rings. The van der Waals surface area contributed by atoms with Crippen LogP contribution >= 0.6 is 0 Å². The zero-order valence-corrected chi connectivity index (χ0v) is 12.7. The third-order valence-corrected chi connectivity index (χ3v) is 3.20. The smallest absolute Gasteiger partial charge is 0.248 e. The number of carbonyl (C=O) groups is 1. The van der Waals surface area contributed by atoms with Crippen molar-refractivity contribution < 1.29 is 14.6 Å². The Kier molecular flexibility index (Phi) is 6.38. The number of benzene rings is 1. The number of hydrogen-bond acceptors (Lipinski definition) is 4. The molecule has 0 aliphatic heterocycles. The summed E-state index contributed by atoms with van der Waals surface area (Å²) in [5, 5.41) is 12.5. The van der Waals surface area contributed by atoms with Crippen LogP contribution in [0, 0.1) is 0 Å². The van der Waals surface area contributed by atoms with Crippen molar-refractivity contribution in [3.8, 4) is 5.75 Å². The number of para-hydroxylation sites is 1. The van der Waals surface area contributed by atoms with Crippen molar-refractivity contribution in [2.75, 3.05) is 13.2 Å². The number of nitrogens with one attached hydrogen (secondary N) is 2. The second kappa shape index (κ2) is 8.75. The Morgan fingerprint density at radius 2 is 1.96 bits per heavy atom. The summed E-state index contributed by atoms with van der Waals surface area (Å²) in [7, 11) is 0. The van der Waals surface area contributed by atoms with Crippen LogP contribution in [0.3, 0.4) is 0 Å². The number of carbonyl (C=O) groups excluding carboxylic acids is 1. The number of aliphatic hydroxyl groups is 1. The van der Waals surface area contributed by atoms with Gasteiger partial charge in [-0.05, 0) is 24.6 Å². The minimum absolute atomic E-state index is 0.0539. The third kappa shape index (κ3) is 5.96. The van der Waals surface area contributed by atoms with Crippen molar-refractivity contribution in [3.05, 3.63) is 64.6 Å². The molecule has 6 heteroatoms. The quantitative estimate of drug-likeness (QED) is 0.642. The molecule has 3 N–H and O–H groups in total. The van der Waals surface area contributed by atoms with E-state index < -0.39 is 6.10 Å². The normalized spacial score (nSPS) is 11.7. The lowest BCUT2D eigenvalue weighted by Crippen LogP contribution is -2.29. The Hall–Kier alpha value is -2.60. The van der Waals surface area contributed by atoms with E-state index in [0.717, 1.165) is 5.75 Å². The van der Waals surface area contributed by atoms with E-state index in [9.17, 15) is 14.7 Å². The second-order valence-corrected chi connectivity index (χ2v) is 5.06. The highest BCUT2D eigenvalue weighted by atomic mass is 16.5. The molecular weight excluding hydrogens is 296 g/mol. The van der Waals surface area contributed by atoms with Gasteiger partial charge in [0.1, 0.15) is 11.9 Å². The Morgan fingerprint density at radius 3 is 2.70 bits per heavy atom. The highest BCUT2D eigenvalue weighted by Gasteiger charge is 2.10. The Morgan fingerprint density at radius 1 is 1.17 bits per heavy atom. The molecule has 1 heterocycles. The van der Waals surface area contributed by atoms with Crippen LogP contribution in [0.25, 0.3) is 0 Å². The van der Waals surface area contributed by atoms with Crippen LogP contribution in [-0.2, 0) is 4.79 Å². The topological polar surface area (TPSA) is 91.4 Å². The minimum atomic E-state index is -0.937. The monoisotopic (exact) mass is 316 g/mol. The van der Waals surface area contributed by atoms with Gasteiger partial charge < -0.3 is 20.1 Å². The van der Waals surface area contributed by atoms with Crippen molar-refractivity contribution in [3.63, 3.8) is 0 Å². The predicted molar refractivity (Wildman–Crippen MR) is 86.2 cm³/mol. The summed E-state index contributed by atoms with van der Waals surface area (Å²) in [6.45, 7) is 0.504. The van der Waals surface area contributed by atoms with Gasteiger partial charge in [0.15, 0.2) is 0 Å². The van der Waals surface area contributed by atoms with Crippen LogP contribution in [0.2, 0.25) is 0 Å². The molecule has 122 valence electrons. The number of H-pyrrole nitrogens is 1. The maximum Gasteiger partial charge on any atom is 0.248 e. The van der Waals surface area contributed by atoms with Crippen molar-refractivity contribution in [2.45, 2.75) is 18.9 Å². The molecule has 0 bridgehead atoms. The zero-order chi connectivity index (χ0) is 16.5. The molecule has 1 aromatic carbocycles. The summed E-state index contributed by atoms with van der Waals surface area (Å²) >= 11 is 0. The fourth-order valence-corrected chi connectivity index (χ4v) is 2.01. The third-order valence-electron chi connectivity index (χ3n) is 3.20. The predicted octanol–water partition coefficient (Wildman–Crippen LogP) is 1.38. The van der Waals surface area contributed by atoms with E-state index >= 15 is 0 Å². The molecule has 0 saturated heterocycles. The molecule has 0 saturated carbocycles. The number of hydrogen-bond donors (Lipinski definition) is 3. The van der Waals surface area contributed by atoms with Crippen molar-refractivity contribution in [1.82, 2.24) is 10.3 Å². The van der Waals surface area contributed by atoms with E-state index in [1.807, 2.05) is 30.3 Å². The highest BCUT2D eigenvalue weighted by Crippen LogP contribution is 2.09. The molecular formula is C17H20N2O4. The molecule has 2 rings (SSSR count). The first kappa shape index (κ1) is 16.8. The zero-order valence-electron chi connectivity index (χ0n) is 12.7. The summed E-state index contributed by atoms with van der Waals surface area (Å²) < 4.78 is 5.50. The Bertz CT molecular complexity index is 670. The van der Waals surface area contributed by atoms with Gasteiger partial charge >= 0.3 is 0 Å². The van der Waals surface area contributed by atoms with Gasteiger partial charge in [0.25, 0.3) is 0 Å². The van der Waals surface area contributed by atoms with Crippen LogP contribution in [0.1, 0.15) is 24.6 Å². The first-order valence-electron chi connectivity index (χ1n) is 7.47. The molecule has 1 aromatic heterocycles. The summed E-state index contributed by atoms with van der Waals surface area (Å²) in [5.41, 5.74) is 0.0937. The Labute approximate surface area is 134 Å². The largest absolute Gasteiger partial charge is 0.494 e. The number of aliphatic hydroxyl groups excluding tert-OH is 1. The van der Waals surface area contributed by atoms with E-state index in [1.165, 1.54) is 6.07 Å². The number of rotatable bonds is 8. The molecule has 0 aliphatic carbocycles. The van der Waals surface area contributed by atoms with Crippen molar-refractivity contribution >= 4 is 5.91 Å². The number of pyridine rings is 1. The lowest BCUT2D eigenvalue weighted by molar-refractivity contribution is -0.121. The first-order chi connectivity index (χ1) is 11.1. The fourth-order valence-electron chi connectivity index (χ4n) is 2.01. The van der Waals surface area contributed by atoms with E-state index in [0.29, 0.717) is 25.1 Å². The average Bonchev–Trinajstić information content (AvgIpc) is 2.57. The maximum atomic E-state index is 11.7. The SMILES string of the molecule is O=C(CCCOc1ccccc1)NCC(O)c1cccc(=O)[nH]1. The molecule has 1 amide bonds. The highest BCUT2D eigenvalue weighted by molar-refractivity contribution is 5.75. The Balaban J connectivity index is 1.64. The van der Waals surface area contributed by atoms with Crippen LogP contribution in [0.5, 0.6) is 5.75 Å². The second-order valence-electron chi connectivity index (χ2n) is 5.06. The molecule has 1 atom stereocenters.